The molecule has 1 aromatic rings. The second kappa shape index (κ2) is 6.87. The Morgan fingerprint density at radius 3 is 2.61 bits per heavy atom. The number of amides is 3. The lowest BCUT2D eigenvalue weighted by atomic mass is 10.1. The zero-order valence-corrected chi connectivity index (χ0v) is 13.3. The highest BCUT2D eigenvalue weighted by Crippen LogP contribution is 2.34. The van der Waals surface area contributed by atoms with Crippen LogP contribution in [-0.4, -0.2) is 48.0 Å². The number of nitrogens with zero attached hydrogens (tertiary/aromatic N) is 1. The lowest BCUT2D eigenvalue weighted by Gasteiger charge is -2.17. The topological polar surface area (TPSA) is 78.5 Å². The van der Waals surface area contributed by atoms with Gasteiger partial charge in [0, 0.05) is 17.7 Å². The van der Waals surface area contributed by atoms with E-state index in [1.807, 2.05) is 23.6 Å². The molecule has 0 spiro atoms. The van der Waals surface area contributed by atoms with Crippen molar-refractivity contribution in [3.8, 4) is 0 Å². The highest BCUT2D eigenvalue weighted by molar-refractivity contribution is 8.02. The molecule has 2 aliphatic rings. The second-order valence-corrected chi connectivity index (χ2v) is 6.27. The fraction of sp³-hybridized carbons (Fsp3) is 0.312. The Hall–Kier alpha value is -2.28. The van der Waals surface area contributed by atoms with Crippen molar-refractivity contribution in [2.75, 3.05) is 25.4 Å². The van der Waals surface area contributed by atoms with Gasteiger partial charge in [0.15, 0.2) is 0 Å². The smallest absolute Gasteiger partial charge is 0.259 e. The minimum Gasteiger partial charge on any atom is -0.355 e. The van der Waals surface area contributed by atoms with E-state index < -0.39 is 0 Å². The molecule has 7 heteroatoms. The van der Waals surface area contributed by atoms with Crippen molar-refractivity contribution >= 4 is 35.2 Å². The molecule has 0 radical (unpaired) electrons. The largest absolute Gasteiger partial charge is 0.355 e. The maximum Gasteiger partial charge on any atom is 0.259 e. The van der Waals surface area contributed by atoms with Crippen LogP contribution in [0.25, 0.3) is 5.70 Å². The lowest BCUT2D eigenvalue weighted by molar-refractivity contribution is -0.126. The molecule has 120 valence electrons. The Kier molecular flexibility index (Phi) is 4.66. The number of carbonyl (C=O) groups is 3. The fourth-order valence-corrected chi connectivity index (χ4v) is 3.38. The summed E-state index contributed by atoms with van der Waals surface area (Å²) in [5, 5.41) is 7.23. The Morgan fingerprint density at radius 1 is 1.00 bits per heavy atom. The first kappa shape index (κ1) is 15.6. The van der Waals surface area contributed by atoms with E-state index in [-0.39, 0.29) is 30.8 Å². The van der Waals surface area contributed by atoms with Crippen LogP contribution >= 0.6 is 11.8 Å². The molecular weight excluding hydrogens is 314 g/mol. The van der Waals surface area contributed by atoms with E-state index in [9.17, 15) is 14.4 Å². The van der Waals surface area contributed by atoms with Crippen molar-refractivity contribution in [2.24, 2.45) is 0 Å². The first-order valence-electron chi connectivity index (χ1n) is 7.43. The maximum absolute atomic E-state index is 12.5. The van der Waals surface area contributed by atoms with E-state index in [2.05, 4.69) is 10.6 Å². The first-order valence-corrected chi connectivity index (χ1v) is 8.48. The summed E-state index contributed by atoms with van der Waals surface area (Å²) in [5.74, 6) is 0.0835. The zero-order chi connectivity index (χ0) is 16.2. The summed E-state index contributed by atoms with van der Waals surface area (Å²) in [7, 11) is 0. The van der Waals surface area contributed by atoms with Gasteiger partial charge in [0.2, 0.25) is 11.8 Å². The van der Waals surface area contributed by atoms with Gasteiger partial charge in [0.25, 0.3) is 5.91 Å². The predicted molar refractivity (Wildman–Crippen MR) is 88.5 cm³/mol. The summed E-state index contributed by atoms with van der Waals surface area (Å²) in [5.41, 5.74) is 2.21. The quantitative estimate of drug-likeness (QED) is 0.737. The normalized spacial score (nSPS) is 21.7. The first-order chi connectivity index (χ1) is 11.2. The summed E-state index contributed by atoms with van der Waals surface area (Å²) < 4.78 is 0. The van der Waals surface area contributed by atoms with Crippen molar-refractivity contribution in [1.82, 2.24) is 15.5 Å². The van der Waals surface area contributed by atoms with Gasteiger partial charge < -0.3 is 10.6 Å². The lowest BCUT2D eigenvalue weighted by Crippen LogP contribution is -2.42. The van der Waals surface area contributed by atoms with Crippen molar-refractivity contribution in [2.45, 2.75) is 6.42 Å². The van der Waals surface area contributed by atoms with E-state index >= 15 is 0 Å². The van der Waals surface area contributed by atoms with Crippen LogP contribution in [-0.2, 0) is 9.59 Å². The third-order valence-electron chi connectivity index (χ3n) is 3.67. The minimum atomic E-state index is -0.351. The standard InChI is InChI=1S/C16H17N3O3S/c20-14-8-18-15(21)9-19-13(10-23-7-3-6-17-14)11-4-1-2-5-12(11)16(19)22/h1-2,4-5,10H,3,6-9H2,(H,17,20)(H,18,21)/b13-10+. The van der Waals surface area contributed by atoms with E-state index in [1.165, 1.54) is 4.90 Å². The molecular formula is C16H17N3O3S. The molecule has 1 aromatic carbocycles. The van der Waals surface area contributed by atoms with Gasteiger partial charge in [-0.2, -0.15) is 0 Å². The molecule has 3 rings (SSSR count). The Morgan fingerprint density at radius 2 is 1.78 bits per heavy atom. The molecule has 0 unspecified atom stereocenters. The number of benzene rings is 1. The van der Waals surface area contributed by atoms with Gasteiger partial charge in [-0.25, -0.2) is 0 Å². The molecule has 23 heavy (non-hydrogen) atoms. The van der Waals surface area contributed by atoms with Gasteiger partial charge in [-0.3, -0.25) is 19.3 Å². The Labute approximate surface area is 138 Å². The molecule has 2 aliphatic heterocycles. The van der Waals surface area contributed by atoms with E-state index in [1.54, 1.807) is 17.8 Å². The average Bonchev–Trinajstić information content (AvgIpc) is 2.82. The summed E-state index contributed by atoms with van der Waals surface area (Å²) in [6.45, 7) is 0.414. The molecule has 0 aliphatic carbocycles. The summed E-state index contributed by atoms with van der Waals surface area (Å²) in [4.78, 5) is 37.6. The van der Waals surface area contributed by atoms with E-state index in [0.29, 0.717) is 12.1 Å². The second-order valence-electron chi connectivity index (χ2n) is 5.29. The van der Waals surface area contributed by atoms with Crippen LogP contribution in [0.15, 0.2) is 29.7 Å². The molecule has 0 saturated carbocycles. The molecule has 0 atom stereocenters. The van der Waals surface area contributed by atoms with Gasteiger partial charge in [-0.15, -0.1) is 11.8 Å². The zero-order valence-electron chi connectivity index (χ0n) is 12.5. The molecule has 2 heterocycles. The number of hydrogen-bond acceptors (Lipinski definition) is 4. The minimum absolute atomic E-state index is 0.0694. The maximum atomic E-state index is 12.5. The average molecular weight is 331 g/mol. The number of nitrogens with one attached hydrogen (secondary N) is 2. The predicted octanol–water partition coefficient (Wildman–Crippen LogP) is 0.810. The number of hydrogen-bond donors (Lipinski definition) is 2. The number of rotatable bonds is 0. The molecule has 6 nitrogen and oxygen atoms in total. The number of thioether (sulfide) groups is 1. The van der Waals surface area contributed by atoms with Gasteiger partial charge in [-0.05, 0) is 23.6 Å². The van der Waals surface area contributed by atoms with Crippen molar-refractivity contribution in [3.05, 3.63) is 40.8 Å². The van der Waals surface area contributed by atoms with Gasteiger partial charge in [0.1, 0.15) is 6.54 Å². The van der Waals surface area contributed by atoms with Crippen molar-refractivity contribution in [3.63, 3.8) is 0 Å². The molecule has 0 aromatic heterocycles. The SMILES string of the molecule is O=C1CNC(=O)CN2C(=O)c3ccccc3/C2=C\SCCCN1. The highest BCUT2D eigenvalue weighted by Gasteiger charge is 2.33. The summed E-state index contributed by atoms with van der Waals surface area (Å²) >= 11 is 1.58. The summed E-state index contributed by atoms with van der Waals surface area (Å²) in [6.07, 6.45) is 0.823. The van der Waals surface area contributed by atoms with Gasteiger partial charge in [0.05, 0.1) is 12.2 Å². The third-order valence-corrected chi connectivity index (χ3v) is 4.59. The third kappa shape index (κ3) is 3.39. The van der Waals surface area contributed by atoms with Gasteiger partial charge >= 0.3 is 0 Å². The van der Waals surface area contributed by atoms with Crippen LogP contribution in [0.3, 0.4) is 0 Å². The van der Waals surface area contributed by atoms with Gasteiger partial charge in [-0.1, -0.05) is 18.2 Å². The van der Waals surface area contributed by atoms with E-state index in [0.717, 1.165) is 23.4 Å². The van der Waals surface area contributed by atoms with Crippen LogP contribution in [0.4, 0.5) is 0 Å². The van der Waals surface area contributed by atoms with Crippen molar-refractivity contribution in [1.29, 1.82) is 0 Å². The number of carbonyl (C=O) groups excluding carboxylic acids is 3. The van der Waals surface area contributed by atoms with Crippen LogP contribution in [0.5, 0.6) is 0 Å². The monoisotopic (exact) mass is 331 g/mol. The molecule has 2 N–H and O–H groups in total. The van der Waals surface area contributed by atoms with Crippen LogP contribution in [0.1, 0.15) is 22.3 Å². The molecule has 3 amide bonds. The molecule has 0 bridgehead atoms. The Bertz CT molecular complexity index is 687. The van der Waals surface area contributed by atoms with E-state index in [4.69, 9.17) is 0 Å². The highest BCUT2D eigenvalue weighted by atomic mass is 32.2. The van der Waals surface area contributed by atoms with Crippen LogP contribution < -0.4 is 10.6 Å². The van der Waals surface area contributed by atoms with Crippen LogP contribution in [0, 0.1) is 0 Å². The number of fused-ring (bicyclic) bond motifs is 3. The van der Waals surface area contributed by atoms with Crippen LogP contribution in [0.2, 0.25) is 0 Å². The molecule has 0 saturated heterocycles. The summed E-state index contributed by atoms with van der Waals surface area (Å²) in [6, 6.07) is 7.35. The van der Waals surface area contributed by atoms with Crippen molar-refractivity contribution < 1.29 is 14.4 Å². The molecule has 0 fully saturated rings. The fourth-order valence-electron chi connectivity index (χ4n) is 2.54. The Balaban J connectivity index is 1.88.